The van der Waals surface area contributed by atoms with E-state index >= 15 is 0 Å². The van der Waals surface area contributed by atoms with Crippen LogP contribution in [-0.4, -0.2) is 11.9 Å². The highest BCUT2D eigenvalue weighted by Crippen LogP contribution is 2.62. The molecule has 1 atom stereocenters. The molecule has 0 N–H and O–H groups in total. The van der Waals surface area contributed by atoms with Crippen LogP contribution in [0.15, 0.2) is 77.5 Å². The Kier molecular flexibility index (Phi) is 3.30. The van der Waals surface area contributed by atoms with E-state index in [1.807, 2.05) is 50.3 Å². The molecule has 2 heterocycles. The van der Waals surface area contributed by atoms with Gasteiger partial charge in [-0.15, -0.1) is 0 Å². The van der Waals surface area contributed by atoms with Gasteiger partial charge in [-0.05, 0) is 30.2 Å². The minimum absolute atomic E-state index is 0.397. The van der Waals surface area contributed by atoms with E-state index in [0.717, 1.165) is 11.4 Å². The SMILES string of the molecule is CC1(C)C2=C(C=C3N(Cc4ccccc4)c4ccccc4C31C)C(=O)OC2=O. The lowest BCUT2D eigenvalue weighted by Crippen LogP contribution is -2.46. The number of esters is 2. The number of rotatable bonds is 2. The summed E-state index contributed by atoms with van der Waals surface area (Å²) >= 11 is 0. The number of para-hydroxylation sites is 1. The van der Waals surface area contributed by atoms with E-state index in [1.165, 1.54) is 11.1 Å². The Balaban J connectivity index is 1.76. The average Bonchev–Trinajstić information content (AvgIpc) is 3.10. The maximum Gasteiger partial charge on any atom is 0.346 e. The van der Waals surface area contributed by atoms with Crippen molar-refractivity contribution < 1.29 is 14.3 Å². The third-order valence-corrected chi connectivity index (χ3v) is 6.75. The highest BCUT2D eigenvalue weighted by atomic mass is 16.6. The fraction of sp³-hybridized carbons (Fsp3) is 0.250. The summed E-state index contributed by atoms with van der Waals surface area (Å²) in [5.74, 6) is -1.06. The summed E-state index contributed by atoms with van der Waals surface area (Å²) < 4.78 is 4.98. The van der Waals surface area contributed by atoms with Gasteiger partial charge in [-0.25, -0.2) is 9.59 Å². The predicted molar refractivity (Wildman–Crippen MR) is 106 cm³/mol. The zero-order valence-corrected chi connectivity index (χ0v) is 16.2. The van der Waals surface area contributed by atoms with E-state index in [1.54, 1.807) is 0 Å². The molecule has 2 aromatic rings. The molecule has 2 aliphatic heterocycles. The number of allylic oxidation sites excluding steroid dienone is 1. The smallest absolute Gasteiger partial charge is 0.346 e. The number of carbonyl (C=O) groups is 2. The van der Waals surface area contributed by atoms with Gasteiger partial charge in [0.2, 0.25) is 0 Å². The lowest BCUT2D eigenvalue weighted by molar-refractivity contribution is -0.151. The van der Waals surface area contributed by atoms with Crippen molar-refractivity contribution in [2.45, 2.75) is 32.7 Å². The summed E-state index contributed by atoms with van der Waals surface area (Å²) in [7, 11) is 0. The maximum absolute atomic E-state index is 12.5. The molecule has 140 valence electrons. The first-order valence-corrected chi connectivity index (χ1v) is 9.50. The molecule has 0 amide bonds. The molecule has 5 rings (SSSR count). The second kappa shape index (κ2) is 5.44. The fourth-order valence-electron chi connectivity index (χ4n) is 5.00. The van der Waals surface area contributed by atoms with Gasteiger partial charge >= 0.3 is 11.9 Å². The van der Waals surface area contributed by atoms with Crippen LogP contribution in [0.1, 0.15) is 31.9 Å². The zero-order chi connectivity index (χ0) is 19.7. The van der Waals surface area contributed by atoms with Crippen LogP contribution in [-0.2, 0) is 26.3 Å². The fourth-order valence-corrected chi connectivity index (χ4v) is 5.00. The molecule has 0 fully saturated rings. The lowest BCUT2D eigenvalue weighted by atomic mass is 9.56. The topological polar surface area (TPSA) is 46.6 Å². The van der Waals surface area contributed by atoms with Crippen molar-refractivity contribution in [3.63, 3.8) is 0 Å². The molecular weight excluding hydrogens is 350 g/mol. The van der Waals surface area contributed by atoms with Gasteiger partial charge in [-0.3, -0.25) is 0 Å². The third kappa shape index (κ3) is 1.95. The second-order valence-electron chi connectivity index (χ2n) is 8.33. The van der Waals surface area contributed by atoms with Gasteiger partial charge in [-0.2, -0.15) is 0 Å². The van der Waals surface area contributed by atoms with Crippen LogP contribution in [0.3, 0.4) is 0 Å². The Bertz CT molecular complexity index is 1090. The van der Waals surface area contributed by atoms with Crippen LogP contribution in [0, 0.1) is 5.41 Å². The number of ether oxygens (including phenoxy) is 1. The summed E-state index contributed by atoms with van der Waals surface area (Å²) in [6.07, 6.45) is 1.87. The molecule has 0 spiro atoms. The van der Waals surface area contributed by atoms with Crippen molar-refractivity contribution >= 4 is 17.6 Å². The molecule has 0 bridgehead atoms. The number of fused-ring (bicyclic) bond motifs is 3. The second-order valence-corrected chi connectivity index (χ2v) is 8.33. The van der Waals surface area contributed by atoms with Crippen molar-refractivity contribution in [3.8, 4) is 0 Å². The van der Waals surface area contributed by atoms with Gasteiger partial charge in [0.05, 0.1) is 11.1 Å². The quantitative estimate of drug-likeness (QED) is 0.584. The van der Waals surface area contributed by atoms with E-state index in [9.17, 15) is 9.59 Å². The van der Waals surface area contributed by atoms with E-state index in [2.05, 4.69) is 36.1 Å². The first kappa shape index (κ1) is 17.0. The molecule has 28 heavy (non-hydrogen) atoms. The molecule has 1 unspecified atom stereocenters. The van der Waals surface area contributed by atoms with Crippen LogP contribution in [0.5, 0.6) is 0 Å². The van der Waals surface area contributed by atoms with Gasteiger partial charge in [0, 0.05) is 28.8 Å². The predicted octanol–water partition coefficient (Wildman–Crippen LogP) is 4.27. The van der Waals surface area contributed by atoms with Crippen LogP contribution in [0.2, 0.25) is 0 Å². The molecule has 4 nitrogen and oxygen atoms in total. The number of hydrogen-bond acceptors (Lipinski definition) is 4. The van der Waals surface area contributed by atoms with Crippen molar-refractivity contribution in [1.29, 1.82) is 0 Å². The first-order chi connectivity index (χ1) is 13.4. The van der Waals surface area contributed by atoms with Crippen LogP contribution < -0.4 is 4.90 Å². The number of cyclic esters (lactones) is 2. The van der Waals surface area contributed by atoms with Gasteiger partial charge in [0.25, 0.3) is 0 Å². The third-order valence-electron chi connectivity index (χ3n) is 6.75. The standard InChI is InChI=1S/C24H21NO3/c1-23(2)20-16(21(26)28-22(20)27)13-19-24(23,3)17-11-7-8-12-18(17)25(19)14-15-9-5-4-6-10-15/h4-13H,14H2,1-3H3. The minimum atomic E-state index is -0.586. The van der Waals surface area contributed by atoms with Crippen LogP contribution in [0.25, 0.3) is 0 Å². The van der Waals surface area contributed by atoms with E-state index in [-0.39, 0.29) is 0 Å². The van der Waals surface area contributed by atoms with Gasteiger partial charge in [0.15, 0.2) is 0 Å². The summed E-state index contributed by atoms with van der Waals surface area (Å²) in [5, 5.41) is 0. The molecule has 0 saturated carbocycles. The molecule has 2 aromatic carbocycles. The largest absolute Gasteiger partial charge is 0.386 e. The van der Waals surface area contributed by atoms with Crippen molar-refractivity contribution in [3.05, 3.63) is 88.6 Å². The minimum Gasteiger partial charge on any atom is -0.386 e. The van der Waals surface area contributed by atoms with Gasteiger partial charge in [0.1, 0.15) is 0 Å². The monoisotopic (exact) mass is 371 g/mol. The van der Waals surface area contributed by atoms with Crippen LogP contribution >= 0.6 is 0 Å². The van der Waals surface area contributed by atoms with E-state index < -0.39 is 22.8 Å². The normalized spacial score (nSPS) is 24.5. The van der Waals surface area contributed by atoms with Gasteiger partial charge in [-0.1, -0.05) is 62.4 Å². The summed E-state index contributed by atoms with van der Waals surface area (Å²) in [5.41, 5.74) is 4.36. The summed E-state index contributed by atoms with van der Waals surface area (Å²) in [6.45, 7) is 6.94. The molecule has 0 saturated heterocycles. The molecular formula is C24H21NO3. The highest BCUT2D eigenvalue weighted by Gasteiger charge is 2.60. The Morgan fingerprint density at radius 2 is 1.57 bits per heavy atom. The van der Waals surface area contributed by atoms with E-state index in [4.69, 9.17) is 4.74 Å². The first-order valence-electron chi connectivity index (χ1n) is 9.50. The Morgan fingerprint density at radius 3 is 2.32 bits per heavy atom. The van der Waals surface area contributed by atoms with Crippen LogP contribution in [0.4, 0.5) is 5.69 Å². The summed E-state index contributed by atoms with van der Waals surface area (Å²) in [4.78, 5) is 27.1. The van der Waals surface area contributed by atoms with E-state index in [0.29, 0.717) is 17.7 Å². The van der Waals surface area contributed by atoms with Crippen molar-refractivity contribution in [2.75, 3.05) is 4.90 Å². The summed E-state index contributed by atoms with van der Waals surface area (Å²) in [6, 6.07) is 18.6. The Labute approximate surface area is 164 Å². The maximum atomic E-state index is 12.5. The van der Waals surface area contributed by atoms with Crippen molar-refractivity contribution in [2.24, 2.45) is 5.41 Å². The lowest BCUT2D eigenvalue weighted by Gasteiger charge is -2.46. The molecule has 0 aromatic heterocycles. The Hall–Kier alpha value is -3.14. The van der Waals surface area contributed by atoms with Gasteiger partial charge < -0.3 is 9.64 Å². The number of carbonyl (C=O) groups excluding carboxylic acids is 2. The number of nitrogens with zero attached hydrogens (tertiary/aromatic N) is 1. The molecule has 1 aliphatic carbocycles. The number of hydrogen-bond donors (Lipinski definition) is 0. The highest BCUT2D eigenvalue weighted by molar-refractivity contribution is 6.15. The Morgan fingerprint density at radius 1 is 0.893 bits per heavy atom. The number of benzene rings is 2. The molecule has 4 heteroatoms. The number of anilines is 1. The molecule has 3 aliphatic rings. The average molecular weight is 371 g/mol. The zero-order valence-electron chi connectivity index (χ0n) is 16.2. The van der Waals surface area contributed by atoms with Crippen molar-refractivity contribution in [1.82, 2.24) is 0 Å². The molecule has 0 radical (unpaired) electrons.